The average molecular weight is 335 g/mol. The van der Waals surface area contributed by atoms with Gasteiger partial charge in [-0.15, -0.1) is 0 Å². The molecule has 1 aromatic heterocycles. The van der Waals surface area contributed by atoms with E-state index in [0.29, 0.717) is 23.6 Å². The predicted molar refractivity (Wildman–Crippen MR) is 93.4 cm³/mol. The van der Waals surface area contributed by atoms with Crippen LogP contribution in [0.3, 0.4) is 0 Å². The highest BCUT2D eigenvalue weighted by molar-refractivity contribution is 5.95. The van der Waals surface area contributed by atoms with Crippen molar-refractivity contribution >= 4 is 5.91 Å². The molecule has 2 aliphatic heterocycles. The first-order valence-electron chi connectivity index (χ1n) is 9.22. The summed E-state index contributed by atoms with van der Waals surface area (Å²) in [6, 6.07) is 4.41. The Labute approximate surface area is 147 Å². The summed E-state index contributed by atoms with van der Waals surface area (Å²) in [5, 5.41) is 6.78. The Kier molecular flexibility index (Phi) is 3.40. The minimum absolute atomic E-state index is 0.0335. The zero-order valence-corrected chi connectivity index (χ0v) is 14.1. The second kappa shape index (κ2) is 5.76. The van der Waals surface area contributed by atoms with E-state index in [1.165, 1.54) is 25.7 Å². The molecular weight excluding hydrogens is 312 g/mol. The third kappa shape index (κ3) is 2.73. The van der Waals surface area contributed by atoms with Gasteiger partial charge < -0.3 is 15.5 Å². The summed E-state index contributed by atoms with van der Waals surface area (Å²) in [5.41, 5.74) is 2.73. The first kappa shape index (κ1) is 14.8. The molecule has 128 valence electrons. The second-order valence-corrected chi connectivity index (χ2v) is 7.43. The van der Waals surface area contributed by atoms with Gasteiger partial charge in [0.25, 0.3) is 5.91 Å². The molecule has 5 heteroatoms. The topological polar surface area (TPSA) is 58.5 Å². The number of hydrogen-bond acceptors (Lipinski definition) is 3. The molecule has 5 nitrogen and oxygen atoms in total. The quantitative estimate of drug-likeness (QED) is 0.865. The van der Waals surface area contributed by atoms with Crippen LogP contribution in [0.2, 0.25) is 0 Å². The van der Waals surface area contributed by atoms with Crippen molar-refractivity contribution in [3.8, 4) is 0 Å². The summed E-state index contributed by atoms with van der Waals surface area (Å²) in [6.07, 6.45) is 16.9. The number of carbonyl (C=O) groups excluding carboxylic acids is 1. The molecule has 1 aromatic rings. The van der Waals surface area contributed by atoms with Crippen molar-refractivity contribution in [2.75, 3.05) is 0 Å². The first-order valence-corrected chi connectivity index (χ1v) is 9.22. The van der Waals surface area contributed by atoms with Crippen molar-refractivity contribution < 1.29 is 9.78 Å². The van der Waals surface area contributed by atoms with Gasteiger partial charge in [0.2, 0.25) is 0 Å². The number of aromatic amines is 1. The standard InChI is InChI=1S/C20H22N4O/c25-20(23-17(13-6-7-13)14-8-9-14)18-16-5-1-2-11-24(16)19(22-18)15-4-3-10-21-12-15/h1-5,10-14,17,19,22H,6-9H2,(H,23,25)/p+1. The zero-order valence-electron chi connectivity index (χ0n) is 14.1. The van der Waals surface area contributed by atoms with Gasteiger partial charge in [-0.25, -0.2) is 4.98 Å². The van der Waals surface area contributed by atoms with Gasteiger partial charge in [0.1, 0.15) is 11.9 Å². The highest BCUT2D eigenvalue weighted by Crippen LogP contribution is 2.44. The SMILES string of the molecule is O=C(NC(C1CC1)C1CC1)C1=C2C=CC=CN2C(c2ccc[nH+]c2)N1. The van der Waals surface area contributed by atoms with Gasteiger partial charge in [-0.3, -0.25) is 4.79 Å². The molecule has 0 aromatic carbocycles. The molecule has 2 fully saturated rings. The van der Waals surface area contributed by atoms with Crippen LogP contribution in [0, 0.1) is 11.8 Å². The molecule has 0 bridgehead atoms. The molecule has 2 saturated carbocycles. The second-order valence-electron chi connectivity index (χ2n) is 7.43. The maximum absolute atomic E-state index is 13.0. The van der Waals surface area contributed by atoms with E-state index in [2.05, 4.69) is 26.6 Å². The molecular formula is C20H23N4O+. The van der Waals surface area contributed by atoms with Crippen molar-refractivity contribution in [2.45, 2.75) is 37.9 Å². The predicted octanol–water partition coefficient (Wildman–Crippen LogP) is 2.00. The fourth-order valence-electron chi connectivity index (χ4n) is 3.93. The lowest BCUT2D eigenvalue weighted by molar-refractivity contribution is -0.379. The van der Waals surface area contributed by atoms with E-state index in [0.717, 1.165) is 11.3 Å². The summed E-state index contributed by atoms with van der Waals surface area (Å²) >= 11 is 0. The molecule has 3 N–H and O–H groups in total. The lowest BCUT2D eigenvalue weighted by Crippen LogP contribution is -2.41. The van der Waals surface area contributed by atoms with Crippen LogP contribution in [0.5, 0.6) is 0 Å². The smallest absolute Gasteiger partial charge is 0.269 e. The Hall–Kier alpha value is -2.56. The number of carbonyl (C=O) groups is 1. The number of rotatable bonds is 5. The molecule has 5 rings (SSSR count). The number of fused-ring (bicyclic) bond motifs is 1. The molecule has 1 atom stereocenters. The molecule has 3 heterocycles. The maximum Gasteiger partial charge on any atom is 0.269 e. The van der Waals surface area contributed by atoms with Gasteiger partial charge >= 0.3 is 0 Å². The number of nitrogens with zero attached hydrogens (tertiary/aromatic N) is 1. The van der Waals surface area contributed by atoms with E-state index < -0.39 is 0 Å². The Bertz CT molecular complexity index is 762. The third-order valence-corrected chi connectivity index (χ3v) is 5.54. The molecule has 0 radical (unpaired) electrons. The fourth-order valence-corrected chi connectivity index (χ4v) is 3.93. The average Bonchev–Trinajstić information content (AvgIpc) is 3.57. The van der Waals surface area contributed by atoms with Gasteiger partial charge in [-0.1, -0.05) is 6.08 Å². The highest BCUT2D eigenvalue weighted by atomic mass is 16.2. The third-order valence-electron chi connectivity index (χ3n) is 5.54. The van der Waals surface area contributed by atoms with E-state index in [1.54, 1.807) is 0 Å². The Morgan fingerprint density at radius 1 is 1.24 bits per heavy atom. The van der Waals surface area contributed by atoms with Gasteiger partial charge in [-0.05, 0) is 55.7 Å². The Morgan fingerprint density at radius 3 is 2.72 bits per heavy atom. The number of amides is 1. The van der Waals surface area contributed by atoms with Crippen molar-refractivity contribution in [2.24, 2.45) is 11.8 Å². The number of H-pyrrole nitrogens is 1. The van der Waals surface area contributed by atoms with Crippen molar-refractivity contribution in [3.05, 3.63) is 65.9 Å². The molecule has 1 amide bonds. The highest BCUT2D eigenvalue weighted by Gasteiger charge is 2.43. The molecule has 25 heavy (non-hydrogen) atoms. The van der Waals surface area contributed by atoms with Crippen LogP contribution in [-0.2, 0) is 4.79 Å². The Balaban J connectivity index is 1.40. The van der Waals surface area contributed by atoms with Crippen LogP contribution in [0.25, 0.3) is 0 Å². The molecule has 0 spiro atoms. The van der Waals surface area contributed by atoms with Gasteiger partial charge in [0.05, 0.1) is 11.3 Å². The summed E-state index contributed by atoms with van der Waals surface area (Å²) < 4.78 is 0. The molecule has 4 aliphatic rings. The van der Waals surface area contributed by atoms with E-state index in [-0.39, 0.29) is 12.1 Å². The first-order chi connectivity index (χ1) is 12.3. The summed E-state index contributed by atoms with van der Waals surface area (Å²) in [4.78, 5) is 18.3. The molecule has 2 aliphatic carbocycles. The van der Waals surface area contributed by atoms with Gasteiger partial charge in [0, 0.05) is 18.3 Å². The number of allylic oxidation sites excluding steroid dienone is 3. The Morgan fingerprint density at radius 2 is 2.04 bits per heavy atom. The largest absolute Gasteiger partial charge is 0.355 e. The van der Waals surface area contributed by atoms with Crippen molar-refractivity contribution in [1.29, 1.82) is 0 Å². The van der Waals surface area contributed by atoms with E-state index in [1.807, 2.05) is 42.9 Å². The zero-order chi connectivity index (χ0) is 16.8. The minimum atomic E-state index is -0.0605. The minimum Gasteiger partial charge on any atom is -0.355 e. The van der Waals surface area contributed by atoms with E-state index in [9.17, 15) is 4.79 Å². The summed E-state index contributed by atoms with van der Waals surface area (Å²) in [7, 11) is 0. The number of hydrogen-bond donors (Lipinski definition) is 2. The van der Waals surface area contributed by atoms with Crippen molar-refractivity contribution in [3.63, 3.8) is 0 Å². The van der Waals surface area contributed by atoms with Crippen LogP contribution >= 0.6 is 0 Å². The van der Waals surface area contributed by atoms with Crippen LogP contribution in [0.1, 0.15) is 37.4 Å². The van der Waals surface area contributed by atoms with Crippen LogP contribution in [-0.4, -0.2) is 16.8 Å². The fraction of sp³-hybridized carbons (Fsp3) is 0.400. The molecule has 0 saturated heterocycles. The monoisotopic (exact) mass is 335 g/mol. The van der Waals surface area contributed by atoms with Crippen molar-refractivity contribution in [1.82, 2.24) is 15.5 Å². The maximum atomic E-state index is 13.0. The summed E-state index contributed by atoms with van der Waals surface area (Å²) in [6.45, 7) is 0. The van der Waals surface area contributed by atoms with E-state index >= 15 is 0 Å². The van der Waals surface area contributed by atoms with Gasteiger partial charge in [-0.2, -0.15) is 0 Å². The normalized spacial score (nSPS) is 24.5. The summed E-state index contributed by atoms with van der Waals surface area (Å²) in [5.74, 6) is 1.42. The van der Waals surface area contributed by atoms with Crippen LogP contribution in [0.4, 0.5) is 0 Å². The van der Waals surface area contributed by atoms with Crippen LogP contribution < -0.4 is 15.6 Å². The van der Waals surface area contributed by atoms with Crippen LogP contribution in [0.15, 0.2) is 60.3 Å². The van der Waals surface area contributed by atoms with Gasteiger partial charge in [0.15, 0.2) is 12.4 Å². The number of aromatic nitrogens is 1. The lowest BCUT2D eigenvalue weighted by atomic mass is 10.1. The van der Waals surface area contributed by atoms with E-state index in [4.69, 9.17) is 0 Å². The number of nitrogens with one attached hydrogen (secondary N) is 3. The molecule has 1 unspecified atom stereocenters. The lowest BCUT2D eigenvalue weighted by Gasteiger charge is -2.24. The number of pyridine rings is 1.